The maximum Gasteiger partial charge on any atom is 0.324 e. The summed E-state index contributed by atoms with van der Waals surface area (Å²) in [6.45, 7) is 9.57. The molecular formula is C23H26Cl2N4O2. The van der Waals surface area contributed by atoms with Gasteiger partial charge in [-0.2, -0.15) is 5.10 Å². The number of anilines is 2. The minimum Gasteiger partial charge on any atom is -0.386 e. The van der Waals surface area contributed by atoms with Gasteiger partial charge in [0.1, 0.15) is 5.82 Å². The first-order valence-electron chi connectivity index (χ1n) is 9.82. The average molecular weight is 461 g/mol. The van der Waals surface area contributed by atoms with Crippen molar-refractivity contribution in [3.63, 3.8) is 0 Å². The van der Waals surface area contributed by atoms with E-state index >= 15 is 0 Å². The van der Waals surface area contributed by atoms with Crippen molar-refractivity contribution >= 4 is 40.7 Å². The molecule has 3 N–H and O–H groups in total. The number of benzene rings is 2. The third kappa shape index (κ3) is 5.39. The van der Waals surface area contributed by atoms with Crippen LogP contribution in [0.3, 0.4) is 0 Å². The monoisotopic (exact) mass is 460 g/mol. The third-order valence-electron chi connectivity index (χ3n) is 4.72. The molecule has 0 saturated heterocycles. The van der Waals surface area contributed by atoms with Gasteiger partial charge in [-0.1, -0.05) is 62.2 Å². The van der Waals surface area contributed by atoms with E-state index in [0.29, 0.717) is 22.2 Å². The lowest BCUT2D eigenvalue weighted by molar-refractivity contribution is 0.0786. The predicted octanol–water partition coefficient (Wildman–Crippen LogP) is 6.35. The van der Waals surface area contributed by atoms with Gasteiger partial charge in [0.25, 0.3) is 0 Å². The first-order valence-corrected chi connectivity index (χ1v) is 10.6. The molecule has 2 amide bonds. The fraction of sp³-hybridized carbons (Fsp3) is 0.304. The fourth-order valence-corrected chi connectivity index (χ4v) is 3.27. The van der Waals surface area contributed by atoms with Gasteiger partial charge >= 0.3 is 6.03 Å². The van der Waals surface area contributed by atoms with Crippen LogP contribution in [-0.2, 0) is 11.0 Å². The lowest BCUT2D eigenvalue weighted by Crippen LogP contribution is -2.21. The van der Waals surface area contributed by atoms with Crippen LogP contribution in [0.1, 0.15) is 45.9 Å². The smallest absolute Gasteiger partial charge is 0.324 e. The second-order valence-electron chi connectivity index (χ2n) is 8.87. The van der Waals surface area contributed by atoms with E-state index in [-0.39, 0.29) is 10.4 Å². The first kappa shape index (κ1) is 23.1. The molecular weight excluding hydrogens is 435 g/mol. The third-order valence-corrected chi connectivity index (χ3v) is 5.54. The number of rotatable bonds is 4. The normalized spacial score (nSPS) is 12.0. The number of aromatic nitrogens is 2. The Hall–Kier alpha value is -2.54. The maximum absolute atomic E-state index is 12.7. The van der Waals surface area contributed by atoms with Crippen LogP contribution in [0.4, 0.5) is 16.3 Å². The highest BCUT2D eigenvalue weighted by molar-refractivity contribution is 6.44. The molecule has 0 spiro atoms. The zero-order chi connectivity index (χ0) is 23.0. The number of amides is 2. The lowest BCUT2D eigenvalue weighted by Gasteiger charge is -2.19. The predicted molar refractivity (Wildman–Crippen MR) is 127 cm³/mol. The molecule has 6 nitrogen and oxygen atoms in total. The van der Waals surface area contributed by atoms with Gasteiger partial charge in [0.05, 0.1) is 32.7 Å². The summed E-state index contributed by atoms with van der Waals surface area (Å²) in [6.07, 6.45) is 0. The molecule has 3 rings (SSSR count). The summed E-state index contributed by atoms with van der Waals surface area (Å²) >= 11 is 12.2. The van der Waals surface area contributed by atoms with Crippen LogP contribution in [0, 0.1) is 0 Å². The summed E-state index contributed by atoms with van der Waals surface area (Å²) in [5.74, 6) is 0.480. The molecule has 0 aliphatic heterocycles. The molecule has 0 atom stereocenters. The van der Waals surface area contributed by atoms with Crippen molar-refractivity contribution < 1.29 is 9.90 Å². The van der Waals surface area contributed by atoms with E-state index in [0.717, 1.165) is 11.3 Å². The number of carbonyl (C=O) groups excluding carboxylic acids is 1. The Kier molecular flexibility index (Phi) is 6.37. The molecule has 2 aromatic carbocycles. The summed E-state index contributed by atoms with van der Waals surface area (Å²) in [4.78, 5) is 12.7. The molecule has 0 aliphatic rings. The molecule has 0 fully saturated rings. The summed E-state index contributed by atoms with van der Waals surface area (Å²) < 4.78 is 1.65. The Balaban J connectivity index is 1.97. The number of hydrogen-bond acceptors (Lipinski definition) is 3. The molecule has 0 radical (unpaired) electrons. The maximum atomic E-state index is 12.7. The highest BCUT2D eigenvalue weighted by atomic mass is 35.5. The number of urea groups is 1. The molecule has 31 heavy (non-hydrogen) atoms. The van der Waals surface area contributed by atoms with E-state index in [4.69, 9.17) is 28.3 Å². The Morgan fingerprint density at radius 2 is 1.68 bits per heavy atom. The first-order chi connectivity index (χ1) is 14.4. The van der Waals surface area contributed by atoms with Crippen molar-refractivity contribution in [2.45, 2.75) is 45.6 Å². The quantitative estimate of drug-likeness (QED) is 0.424. The molecule has 3 aromatic rings. The van der Waals surface area contributed by atoms with Gasteiger partial charge < -0.3 is 10.4 Å². The van der Waals surface area contributed by atoms with Gasteiger partial charge in [0.15, 0.2) is 0 Å². The second-order valence-corrected chi connectivity index (χ2v) is 9.65. The van der Waals surface area contributed by atoms with Gasteiger partial charge in [-0.3, -0.25) is 5.32 Å². The van der Waals surface area contributed by atoms with Crippen LogP contribution in [0.2, 0.25) is 10.0 Å². The summed E-state index contributed by atoms with van der Waals surface area (Å²) in [5.41, 5.74) is 1.41. The van der Waals surface area contributed by atoms with E-state index in [1.54, 1.807) is 36.7 Å². The van der Waals surface area contributed by atoms with Crippen LogP contribution in [0.15, 0.2) is 48.5 Å². The number of carbonyl (C=O) groups is 1. The minimum absolute atomic E-state index is 0.234. The summed E-state index contributed by atoms with van der Waals surface area (Å²) in [5, 5.41) is 21.3. The number of nitrogens with one attached hydrogen (secondary N) is 2. The Morgan fingerprint density at radius 1 is 1.00 bits per heavy atom. The van der Waals surface area contributed by atoms with Crippen molar-refractivity contribution in [1.29, 1.82) is 0 Å². The topological polar surface area (TPSA) is 79.2 Å². The summed E-state index contributed by atoms with van der Waals surface area (Å²) in [6, 6.07) is 13.8. The molecule has 0 unspecified atom stereocenters. The zero-order valence-electron chi connectivity index (χ0n) is 18.1. The van der Waals surface area contributed by atoms with E-state index in [2.05, 4.69) is 10.6 Å². The number of nitrogens with zero attached hydrogens (tertiary/aromatic N) is 2. The standard InChI is InChI=1S/C23H26Cl2N4O2/c1-22(2,3)18-13-19(27-21(30)26-17-11-7-10-16(24)20(17)25)29(28-18)15-9-6-8-14(12-15)23(4,5)31/h6-13,31H,1-5H3,(H2,26,27,30). The van der Waals surface area contributed by atoms with Crippen LogP contribution in [0.25, 0.3) is 5.69 Å². The van der Waals surface area contributed by atoms with E-state index in [1.807, 2.05) is 51.1 Å². The van der Waals surface area contributed by atoms with E-state index < -0.39 is 11.6 Å². The van der Waals surface area contributed by atoms with Crippen LogP contribution in [0.5, 0.6) is 0 Å². The highest BCUT2D eigenvalue weighted by Crippen LogP contribution is 2.31. The van der Waals surface area contributed by atoms with E-state index in [9.17, 15) is 9.90 Å². The van der Waals surface area contributed by atoms with Crippen LogP contribution >= 0.6 is 23.2 Å². The van der Waals surface area contributed by atoms with Gasteiger partial charge in [-0.25, -0.2) is 9.48 Å². The number of hydrogen-bond donors (Lipinski definition) is 3. The van der Waals surface area contributed by atoms with Crippen molar-refractivity contribution in [3.05, 3.63) is 69.8 Å². The fourth-order valence-electron chi connectivity index (χ4n) is 2.92. The van der Waals surface area contributed by atoms with Gasteiger partial charge in [-0.15, -0.1) is 0 Å². The molecule has 0 saturated carbocycles. The average Bonchev–Trinajstić information content (AvgIpc) is 3.09. The van der Waals surface area contributed by atoms with Crippen molar-refractivity contribution in [1.82, 2.24) is 9.78 Å². The van der Waals surface area contributed by atoms with Crippen LogP contribution in [-0.4, -0.2) is 20.9 Å². The zero-order valence-corrected chi connectivity index (χ0v) is 19.6. The molecule has 164 valence electrons. The van der Waals surface area contributed by atoms with Gasteiger partial charge in [0.2, 0.25) is 0 Å². The Morgan fingerprint density at radius 3 is 2.32 bits per heavy atom. The summed E-state index contributed by atoms with van der Waals surface area (Å²) in [7, 11) is 0. The second kappa shape index (κ2) is 8.54. The molecule has 8 heteroatoms. The van der Waals surface area contributed by atoms with Crippen molar-refractivity contribution in [2.75, 3.05) is 10.6 Å². The SMILES string of the molecule is CC(C)(C)c1cc(NC(=O)Nc2cccc(Cl)c2Cl)n(-c2cccc(C(C)(C)O)c2)n1. The van der Waals surface area contributed by atoms with Gasteiger partial charge in [0, 0.05) is 11.5 Å². The van der Waals surface area contributed by atoms with Crippen molar-refractivity contribution in [2.24, 2.45) is 0 Å². The molecule has 0 aliphatic carbocycles. The number of aliphatic hydroxyl groups is 1. The number of halogens is 2. The molecule has 0 bridgehead atoms. The minimum atomic E-state index is -1.01. The van der Waals surface area contributed by atoms with Crippen LogP contribution < -0.4 is 10.6 Å². The Labute approximate surface area is 192 Å². The van der Waals surface area contributed by atoms with Crippen molar-refractivity contribution in [3.8, 4) is 5.69 Å². The largest absolute Gasteiger partial charge is 0.386 e. The molecule has 1 aromatic heterocycles. The lowest BCUT2D eigenvalue weighted by atomic mass is 9.92. The van der Waals surface area contributed by atoms with E-state index in [1.165, 1.54) is 0 Å². The highest BCUT2D eigenvalue weighted by Gasteiger charge is 2.23. The Bertz CT molecular complexity index is 1110. The van der Waals surface area contributed by atoms with Gasteiger partial charge in [-0.05, 0) is 43.7 Å². The molecule has 1 heterocycles.